The van der Waals surface area contributed by atoms with Crippen LogP contribution < -0.4 is 4.80 Å². The van der Waals surface area contributed by atoms with Gasteiger partial charge in [0.25, 0.3) is 5.91 Å². The van der Waals surface area contributed by atoms with Crippen LogP contribution in [0.3, 0.4) is 0 Å². The number of fused-ring (bicyclic) bond motifs is 1. The van der Waals surface area contributed by atoms with E-state index in [-0.39, 0.29) is 24.8 Å². The van der Waals surface area contributed by atoms with Crippen molar-refractivity contribution in [2.45, 2.75) is 40.2 Å². The molecule has 6 heteroatoms. The molecule has 1 heterocycles. The largest absolute Gasteiger partial charge is 0.468 e. The lowest BCUT2D eigenvalue weighted by molar-refractivity contribution is -0.141. The molecule has 0 spiro atoms. The number of aryl methyl sites for hydroxylation is 3. The summed E-state index contributed by atoms with van der Waals surface area (Å²) in [4.78, 5) is 29.4. The van der Waals surface area contributed by atoms with Crippen LogP contribution in [0.4, 0.5) is 0 Å². The van der Waals surface area contributed by atoms with Gasteiger partial charge in [0, 0.05) is 0 Å². The van der Waals surface area contributed by atoms with E-state index in [9.17, 15) is 9.59 Å². The Morgan fingerprint density at radius 3 is 2.64 bits per heavy atom. The first-order chi connectivity index (χ1) is 13.4. The second-order valence-electron chi connectivity index (χ2n) is 6.81. The van der Waals surface area contributed by atoms with E-state index < -0.39 is 0 Å². The van der Waals surface area contributed by atoms with Crippen molar-refractivity contribution in [2.75, 3.05) is 7.11 Å². The Hall–Kier alpha value is -2.73. The average Bonchev–Trinajstić information content (AvgIpc) is 3.00. The van der Waals surface area contributed by atoms with Crippen LogP contribution in [0.2, 0.25) is 0 Å². The lowest BCUT2D eigenvalue weighted by Crippen LogP contribution is -2.22. The third-order valence-electron chi connectivity index (χ3n) is 4.74. The Balaban J connectivity index is 2.04. The Morgan fingerprint density at radius 2 is 1.93 bits per heavy atom. The molecule has 0 atom stereocenters. The van der Waals surface area contributed by atoms with Crippen LogP contribution in [0.1, 0.15) is 29.2 Å². The van der Waals surface area contributed by atoms with Crippen molar-refractivity contribution >= 4 is 33.4 Å². The molecule has 0 bridgehead atoms. The Bertz CT molecular complexity index is 1110. The number of ether oxygens (including phenoxy) is 1. The predicted octanol–water partition coefficient (Wildman–Crippen LogP) is 3.73. The van der Waals surface area contributed by atoms with Crippen molar-refractivity contribution < 1.29 is 14.3 Å². The maximum absolute atomic E-state index is 12.7. The number of nitrogens with zero attached hydrogens (tertiary/aromatic N) is 2. The van der Waals surface area contributed by atoms with Crippen LogP contribution in [0.25, 0.3) is 10.2 Å². The summed E-state index contributed by atoms with van der Waals surface area (Å²) >= 11 is 1.42. The summed E-state index contributed by atoms with van der Waals surface area (Å²) in [5.41, 5.74) is 5.24. The molecule has 0 saturated heterocycles. The van der Waals surface area contributed by atoms with E-state index in [1.165, 1.54) is 24.0 Å². The van der Waals surface area contributed by atoms with Gasteiger partial charge >= 0.3 is 5.97 Å². The fourth-order valence-electron chi connectivity index (χ4n) is 3.07. The number of carbonyl (C=O) groups excluding carboxylic acids is 2. The molecule has 0 aliphatic carbocycles. The maximum Gasteiger partial charge on any atom is 0.325 e. The number of esters is 1. The van der Waals surface area contributed by atoms with Crippen LogP contribution in [0, 0.1) is 13.8 Å². The smallest absolute Gasteiger partial charge is 0.325 e. The van der Waals surface area contributed by atoms with Crippen molar-refractivity contribution in [1.29, 1.82) is 0 Å². The number of rotatable bonds is 5. The minimum atomic E-state index is -0.373. The molecule has 1 amide bonds. The van der Waals surface area contributed by atoms with Crippen molar-refractivity contribution in [2.24, 2.45) is 4.99 Å². The molecular weight excluding hydrogens is 372 g/mol. The lowest BCUT2D eigenvalue weighted by atomic mass is 10.0. The monoisotopic (exact) mass is 396 g/mol. The van der Waals surface area contributed by atoms with Crippen molar-refractivity contribution in [3.05, 3.63) is 63.5 Å². The number of benzene rings is 2. The van der Waals surface area contributed by atoms with Gasteiger partial charge in [-0.3, -0.25) is 9.59 Å². The van der Waals surface area contributed by atoms with E-state index >= 15 is 0 Å². The molecule has 0 aliphatic heterocycles. The Labute approximate surface area is 168 Å². The van der Waals surface area contributed by atoms with Crippen molar-refractivity contribution in [3.63, 3.8) is 0 Å². The van der Waals surface area contributed by atoms with Gasteiger partial charge < -0.3 is 9.30 Å². The quantitative estimate of drug-likeness (QED) is 0.618. The predicted molar refractivity (Wildman–Crippen MR) is 111 cm³/mol. The van der Waals surface area contributed by atoms with E-state index in [0.717, 1.165) is 33.3 Å². The van der Waals surface area contributed by atoms with E-state index in [1.807, 2.05) is 44.2 Å². The Morgan fingerprint density at radius 1 is 1.14 bits per heavy atom. The minimum absolute atomic E-state index is 0.0254. The highest BCUT2D eigenvalue weighted by atomic mass is 32.1. The zero-order valence-electron chi connectivity index (χ0n) is 16.6. The molecule has 5 nitrogen and oxygen atoms in total. The van der Waals surface area contributed by atoms with Gasteiger partial charge in [0.05, 0.1) is 23.7 Å². The summed E-state index contributed by atoms with van der Waals surface area (Å²) < 4.78 is 7.58. The lowest BCUT2D eigenvalue weighted by Gasteiger charge is -2.05. The highest BCUT2D eigenvalue weighted by molar-refractivity contribution is 7.16. The molecule has 0 radical (unpaired) electrons. The van der Waals surface area contributed by atoms with Crippen molar-refractivity contribution in [3.8, 4) is 0 Å². The highest BCUT2D eigenvalue weighted by Crippen LogP contribution is 2.20. The van der Waals surface area contributed by atoms with Gasteiger partial charge in [-0.15, -0.1) is 0 Å². The molecule has 0 aliphatic rings. The topological polar surface area (TPSA) is 60.7 Å². The fourth-order valence-corrected chi connectivity index (χ4v) is 4.18. The summed E-state index contributed by atoms with van der Waals surface area (Å²) in [6, 6.07) is 12.2. The van der Waals surface area contributed by atoms with E-state index in [0.29, 0.717) is 4.80 Å². The first-order valence-corrected chi connectivity index (χ1v) is 10.1. The van der Waals surface area contributed by atoms with E-state index in [4.69, 9.17) is 4.74 Å². The van der Waals surface area contributed by atoms with Crippen LogP contribution in [-0.4, -0.2) is 23.6 Å². The average molecular weight is 397 g/mol. The summed E-state index contributed by atoms with van der Waals surface area (Å²) in [6.07, 6.45) is 1.16. The summed E-state index contributed by atoms with van der Waals surface area (Å²) in [7, 11) is 1.36. The number of hydrogen-bond donors (Lipinski definition) is 0. The molecule has 1 aromatic heterocycles. The van der Waals surface area contributed by atoms with Gasteiger partial charge in [0.15, 0.2) is 4.80 Å². The first kappa shape index (κ1) is 20.0. The van der Waals surface area contributed by atoms with Crippen molar-refractivity contribution in [1.82, 2.24) is 4.57 Å². The molecule has 3 aromatic rings. The van der Waals surface area contributed by atoms with Gasteiger partial charge in [0.1, 0.15) is 6.54 Å². The number of amides is 1. The summed E-state index contributed by atoms with van der Waals surface area (Å²) in [5, 5.41) is 0. The maximum atomic E-state index is 12.7. The van der Waals surface area contributed by atoms with Gasteiger partial charge in [-0.1, -0.05) is 48.1 Å². The SMILES string of the molecule is CCc1ccc2c(c1)sc(=NC(=O)Cc1cc(C)ccc1C)n2CC(=O)OC. The number of methoxy groups -OCH3 is 1. The summed E-state index contributed by atoms with van der Waals surface area (Å²) in [6.45, 7) is 6.12. The van der Waals surface area contributed by atoms with Crippen LogP contribution in [-0.2, 0) is 33.7 Å². The second kappa shape index (κ2) is 8.52. The fraction of sp³-hybridized carbons (Fsp3) is 0.318. The minimum Gasteiger partial charge on any atom is -0.468 e. The molecule has 146 valence electrons. The standard InChI is InChI=1S/C22H24N2O3S/c1-5-16-8-9-18-19(11-16)28-22(24(18)13-21(26)27-4)23-20(25)12-17-10-14(2)6-7-15(17)3/h6-11H,5,12-13H2,1-4H3. The number of carbonyl (C=O) groups is 2. The zero-order chi connectivity index (χ0) is 20.3. The summed E-state index contributed by atoms with van der Waals surface area (Å²) in [5.74, 6) is -0.600. The second-order valence-corrected chi connectivity index (χ2v) is 7.82. The van der Waals surface area contributed by atoms with Crippen LogP contribution in [0.15, 0.2) is 41.4 Å². The number of thiazole rings is 1. The van der Waals surface area contributed by atoms with E-state index in [1.54, 1.807) is 4.57 Å². The Kier molecular flexibility index (Phi) is 6.09. The molecule has 0 unspecified atom stereocenters. The molecule has 0 saturated carbocycles. The van der Waals surface area contributed by atoms with E-state index in [2.05, 4.69) is 18.0 Å². The third kappa shape index (κ3) is 4.39. The molecule has 28 heavy (non-hydrogen) atoms. The molecule has 0 fully saturated rings. The van der Waals surface area contributed by atoms with Gasteiger partial charge in [0.2, 0.25) is 0 Å². The van der Waals surface area contributed by atoms with Gasteiger partial charge in [-0.05, 0) is 49.1 Å². The number of aromatic nitrogens is 1. The van der Waals surface area contributed by atoms with Gasteiger partial charge in [-0.25, -0.2) is 0 Å². The molecule has 3 rings (SSSR count). The van der Waals surface area contributed by atoms with Crippen LogP contribution in [0.5, 0.6) is 0 Å². The normalized spacial score (nSPS) is 11.8. The third-order valence-corrected chi connectivity index (χ3v) is 5.78. The van der Waals surface area contributed by atoms with Crippen LogP contribution >= 0.6 is 11.3 Å². The van der Waals surface area contributed by atoms with Gasteiger partial charge in [-0.2, -0.15) is 4.99 Å². The highest BCUT2D eigenvalue weighted by Gasteiger charge is 2.13. The molecule has 2 aromatic carbocycles. The number of hydrogen-bond acceptors (Lipinski definition) is 4. The molecular formula is C22H24N2O3S. The zero-order valence-corrected chi connectivity index (χ0v) is 17.4. The first-order valence-electron chi connectivity index (χ1n) is 9.24. The molecule has 0 N–H and O–H groups in total.